The van der Waals surface area contributed by atoms with Gasteiger partial charge >= 0.3 is 0 Å². The predicted molar refractivity (Wildman–Crippen MR) is 77.3 cm³/mol. The molecule has 94 valence electrons. The molecule has 1 aromatic rings. The van der Waals surface area contributed by atoms with Crippen LogP contribution in [0.4, 0.5) is 0 Å². The van der Waals surface area contributed by atoms with Crippen LogP contribution in [0.3, 0.4) is 0 Å². The van der Waals surface area contributed by atoms with Gasteiger partial charge in [-0.05, 0) is 38.8 Å². The van der Waals surface area contributed by atoms with Crippen LogP contribution >= 0.6 is 0 Å². The Labute approximate surface area is 106 Å². The van der Waals surface area contributed by atoms with Crippen molar-refractivity contribution in [3.63, 3.8) is 0 Å². The van der Waals surface area contributed by atoms with Crippen LogP contribution in [0, 0.1) is 19.8 Å². The number of rotatable bonds is 5. The third kappa shape index (κ3) is 5.69. The summed E-state index contributed by atoms with van der Waals surface area (Å²) in [5, 5.41) is 3.47. The van der Waals surface area contributed by atoms with Crippen molar-refractivity contribution in [2.24, 2.45) is 5.92 Å². The lowest BCUT2D eigenvalue weighted by atomic mass is 10.1. The Bertz CT molecular complexity index is 368. The van der Waals surface area contributed by atoms with E-state index in [9.17, 15) is 0 Å². The zero-order valence-electron chi connectivity index (χ0n) is 11.8. The van der Waals surface area contributed by atoms with Gasteiger partial charge in [0.1, 0.15) is 0 Å². The molecule has 0 amide bonds. The molecule has 0 atom stereocenters. The molecule has 0 saturated heterocycles. The molecule has 0 spiro atoms. The fourth-order valence-electron chi connectivity index (χ4n) is 1.99. The molecule has 0 bridgehead atoms. The van der Waals surface area contributed by atoms with Crippen LogP contribution in [0.2, 0.25) is 0 Å². The van der Waals surface area contributed by atoms with E-state index in [-0.39, 0.29) is 0 Å². The number of nitrogens with one attached hydrogen (secondary N) is 1. The van der Waals surface area contributed by atoms with Crippen LogP contribution < -0.4 is 5.32 Å². The van der Waals surface area contributed by atoms with E-state index in [0.717, 1.165) is 13.1 Å². The van der Waals surface area contributed by atoms with E-state index in [4.69, 9.17) is 0 Å². The monoisotopic (exact) mass is 231 g/mol. The molecule has 1 heteroatoms. The average Bonchev–Trinajstić information content (AvgIpc) is 2.14. The van der Waals surface area contributed by atoms with Gasteiger partial charge in [-0.1, -0.05) is 54.8 Å². The molecule has 0 heterocycles. The van der Waals surface area contributed by atoms with Gasteiger partial charge in [-0.15, -0.1) is 0 Å². The minimum absolute atomic E-state index is 0.712. The second kappa shape index (κ2) is 6.61. The number of aryl methyl sites for hydroxylation is 2. The van der Waals surface area contributed by atoms with Gasteiger partial charge < -0.3 is 5.32 Å². The summed E-state index contributed by atoms with van der Waals surface area (Å²) in [7, 11) is 0. The Morgan fingerprint density at radius 1 is 1.18 bits per heavy atom. The van der Waals surface area contributed by atoms with Crippen LogP contribution in [0.5, 0.6) is 0 Å². The molecule has 0 aromatic heterocycles. The maximum Gasteiger partial charge on any atom is 0.0165 e. The first kappa shape index (κ1) is 14.0. The van der Waals surface area contributed by atoms with Crippen LogP contribution in [0.25, 0.3) is 6.08 Å². The van der Waals surface area contributed by atoms with E-state index in [2.05, 4.69) is 64.2 Å². The second-order valence-corrected chi connectivity index (χ2v) is 5.44. The normalized spacial score (nSPS) is 12.2. The molecule has 0 fully saturated rings. The Morgan fingerprint density at radius 2 is 1.76 bits per heavy atom. The fourth-order valence-corrected chi connectivity index (χ4v) is 1.99. The van der Waals surface area contributed by atoms with Crippen molar-refractivity contribution >= 4 is 6.08 Å². The molecule has 0 aliphatic rings. The quantitative estimate of drug-likeness (QED) is 0.809. The van der Waals surface area contributed by atoms with E-state index >= 15 is 0 Å². The highest BCUT2D eigenvalue weighted by molar-refractivity contribution is 5.54. The first-order valence-corrected chi connectivity index (χ1v) is 6.43. The van der Waals surface area contributed by atoms with E-state index < -0.39 is 0 Å². The van der Waals surface area contributed by atoms with E-state index in [1.807, 2.05) is 0 Å². The molecule has 1 rings (SSSR count). The molecule has 0 radical (unpaired) electrons. The Hall–Kier alpha value is -1.08. The topological polar surface area (TPSA) is 12.0 Å². The van der Waals surface area contributed by atoms with Crippen LogP contribution in [-0.2, 0) is 0 Å². The summed E-state index contributed by atoms with van der Waals surface area (Å²) in [4.78, 5) is 0. The lowest BCUT2D eigenvalue weighted by Gasteiger charge is -2.08. The van der Waals surface area contributed by atoms with Gasteiger partial charge in [-0.2, -0.15) is 0 Å². The van der Waals surface area contributed by atoms with Crippen LogP contribution in [0.1, 0.15) is 37.5 Å². The van der Waals surface area contributed by atoms with Crippen molar-refractivity contribution in [1.29, 1.82) is 0 Å². The van der Waals surface area contributed by atoms with Crippen molar-refractivity contribution < 1.29 is 0 Å². The standard InChI is InChI=1S/C16H25N/c1-12(2)10-17-11-15(5)9-16-7-13(3)6-14(4)8-16/h6-9,12,17H,10-11H2,1-5H3. The first-order valence-electron chi connectivity index (χ1n) is 6.43. The van der Waals surface area contributed by atoms with Gasteiger partial charge in [-0.25, -0.2) is 0 Å². The SMILES string of the molecule is CC(=Cc1cc(C)cc(C)c1)CNCC(C)C. The van der Waals surface area contributed by atoms with Gasteiger partial charge in [0.2, 0.25) is 0 Å². The lowest BCUT2D eigenvalue weighted by Crippen LogP contribution is -2.21. The summed E-state index contributed by atoms with van der Waals surface area (Å²) in [6.45, 7) is 13.0. The van der Waals surface area contributed by atoms with Crippen LogP contribution in [-0.4, -0.2) is 13.1 Å². The van der Waals surface area contributed by atoms with E-state index in [1.54, 1.807) is 0 Å². The van der Waals surface area contributed by atoms with Gasteiger partial charge in [-0.3, -0.25) is 0 Å². The smallest absolute Gasteiger partial charge is 0.0165 e. The molecule has 0 saturated carbocycles. The molecule has 0 aliphatic heterocycles. The highest BCUT2D eigenvalue weighted by Crippen LogP contribution is 2.12. The maximum atomic E-state index is 3.47. The molecular weight excluding hydrogens is 206 g/mol. The zero-order chi connectivity index (χ0) is 12.8. The molecule has 0 aliphatic carbocycles. The molecule has 17 heavy (non-hydrogen) atoms. The van der Waals surface area contributed by atoms with Crippen molar-refractivity contribution in [2.75, 3.05) is 13.1 Å². The minimum Gasteiger partial charge on any atom is -0.313 e. The third-order valence-electron chi connectivity index (χ3n) is 2.61. The maximum absolute atomic E-state index is 3.47. The Morgan fingerprint density at radius 3 is 2.29 bits per heavy atom. The van der Waals surface area contributed by atoms with Gasteiger partial charge in [0.25, 0.3) is 0 Å². The lowest BCUT2D eigenvalue weighted by molar-refractivity contribution is 0.572. The Balaban J connectivity index is 2.60. The summed E-state index contributed by atoms with van der Waals surface area (Å²) < 4.78 is 0. The number of hydrogen-bond acceptors (Lipinski definition) is 1. The summed E-state index contributed by atoms with van der Waals surface area (Å²) >= 11 is 0. The van der Waals surface area contributed by atoms with E-state index in [1.165, 1.54) is 22.3 Å². The second-order valence-electron chi connectivity index (χ2n) is 5.44. The summed E-state index contributed by atoms with van der Waals surface area (Å²) in [5.74, 6) is 0.712. The van der Waals surface area contributed by atoms with E-state index in [0.29, 0.717) is 5.92 Å². The van der Waals surface area contributed by atoms with Crippen LogP contribution in [0.15, 0.2) is 23.8 Å². The third-order valence-corrected chi connectivity index (χ3v) is 2.61. The minimum atomic E-state index is 0.712. The van der Waals surface area contributed by atoms with Crippen molar-refractivity contribution in [1.82, 2.24) is 5.32 Å². The van der Waals surface area contributed by atoms with Crippen molar-refractivity contribution in [3.05, 3.63) is 40.5 Å². The summed E-state index contributed by atoms with van der Waals surface area (Å²) in [6.07, 6.45) is 2.27. The molecular formula is C16H25N. The zero-order valence-corrected chi connectivity index (χ0v) is 11.8. The van der Waals surface area contributed by atoms with Gasteiger partial charge in [0, 0.05) is 6.54 Å². The molecule has 1 nitrogen and oxygen atoms in total. The summed E-state index contributed by atoms with van der Waals surface area (Å²) in [6, 6.07) is 6.68. The predicted octanol–water partition coefficient (Wildman–Crippen LogP) is 3.95. The highest BCUT2D eigenvalue weighted by Gasteiger charge is 1.96. The first-order chi connectivity index (χ1) is 7.97. The summed E-state index contributed by atoms with van der Waals surface area (Å²) in [5.41, 5.74) is 5.36. The highest BCUT2D eigenvalue weighted by atomic mass is 14.8. The van der Waals surface area contributed by atoms with Gasteiger partial charge in [0.05, 0.1) is 0 Å². The Kier molecular flexibility index (Phi) is 5.43. The molecule has 0 unspecified atom stereocenters. The molecule has 1 N–H and O–H groups in total. The van der Waals surface area contributed by atoms with Gasteiger partial charge in [0.15, 0.2) is 0 Å². The molecule has 1 aromatic carbocycles. The van der Waals surface area contributed by atoms with Crippen molar-refractivity contribution in [3.8, 4) is 0 Å². The number of benzene rings is 1. The number of hydrogen-bond donors (Lipinski definition) is 1. The largest absolute Gasteiger partial charge is 0.313 e. The fraction of sp³-hybridized carbons (Fsp3) is 0.500. The van der Waals surface area contributed by atoms with Crippen molar-refractivity contribution in [2.45, 2.75) is 34.6 Å². The average molecular weight is 231 g/mol.